The van der Waals surface area contributed by atoms with Crippen molar-refractivity contribution in [2.75, 3.05) is 13.1 Å². The van der Waals surface area contributed by atoms with Crippen molar-refractivity contribution < 1.29 is 15.0 Å². The minimum Gasteiger partial charge on any atom is -0.507 e. The Hall–Kier alpha value is -2.34. The van der Waals surface area contributed by atoms with Crippen LogP contribution in [0.15, 0.2) is 30.6 Å². The fourth-order valence-corrected chi connectivity index (χ4v) is 3.54. The Labute approximate surface area is 147 Å². The first-order valence-electron chi connectivity index (χ1n) is 8.78. The molecule has 2 heterocycles. The van der Waals surface area contributed by atoms with Crippen molar-refractivity contribution in [3.8, 4) is 5.75 Å². The lowest BCUT2D eigenvalue weighted by atomic mass is 9.91. The van der Waals surface area contributed by atoms with Crippen LogP contribution < -0.4 is 0 Å². The molecule has 6 nitrogen and oxygen atoms in total. The third-order valence-electron chi connectivity index (χ3n) is 5.05. The molecule has 0 radical (unpaired) electrons. The van der Waals surface area contributed by atoms with Gasteiger partial charge in [0.05, 0.1) is 5.56 Å². The molecular weight excluding hydrogens is 318 g/mol. The van der Waals surface area contributed by atoms with Crippen LogP contribution in [0.1, 0.15) is 47.6 Å². The summed E-state index contributed by atoms with van der Waals surface area (Å²) in [5, 5.41) is 21.0. The van der Waals surface area contributed by atoms with Gasteiger partial charge in [-0.2, -0.15) is 0 Å². The second-order valence-corrected chi connectivity index (χ2v) is 6.66. The number of para-hydroxylation sites is 1. The Kier molecular flexibility index (Phi) is 5.08. The molecule has 1 aromatic carbocycles. The summed E-state index contributed by atoms with van der Waals surface area (Å²) in [5.74, 6) is 0.455. The van der Waals surface area contributed by atoms with Gasteiger partial charge in [0.15, 0.2) is 0 Å². The molecule has 1 amide bonds. The average molecular weight is 343 g/mol. The summed E-state index contributed by atoms with van der Waals surface area (Å²) < 4.78 is 1.81. The lowest BCUT2D eigenvalue weighted by Gasteiger charge is -2.35. The molecule has 2 unspecified atom stereocenters. The van der Waals surface area contributed by atoms with E-state index in [0.29, 0.717) is 30.9 Å². The number of phenols is 1. The number of likely N-dealkylation sites (tertiary alicyclic amines) is 1. The molecule has 1 aliphatic rings. The van der Waals surface area contributed by atoms with Gasteiger partial charge in [-0.05, 0) is 30.9 Å². The maximum absolute atomic E-state index is 12.9. The first kappa shape index (κ1) is 17.5. The molecule has 25 heavy (non-hydrogen) atoms. The molecule has 2 aromatic rings. The smallest absolute Gasteiger partial charge is 0.257 e. The number of phenolic OH excluding ortho intramolecular Hbond substituents is 1. The number of aliphatic hydroxyl groups excluding tert-OH is 1. The molecule has 0 aliphatic carbocycles. The van der Waals surface area contributed by atoms with Crippen LogP contribution in [-0.4, -0.2) is 43.7 Å². The van der Waals surface area contributed by atoms with Crippen LogP contribution >= 0.6 is 0 Å². The third kappa shape index (κ3) is 3.39. The highest BCUT2D eigenvalue weighted by Gasteiger charge is 2.32. The van der Waals surface area contributed by atoms with Gasteiger partial charge in [0.25, 0.3) is 5.91 Å². The number of aryl methyl sites for hydroxylation is 2. The average Bonchev–Trinajstić information content (AvgIpc) is 3.07. The fraction of sp³-hybridized carbons (Fsp3) is 0.474. The number of carbonyl (C=O) groups is 1. The Morgan fingerprint density at radius 1 is 1.44 bits per heavy atom. The first-order chi connectivity index (χ1) is 12.0. The maximum Gasteiger partial charge on any atom is 0.257 e. The van der Waals surface area contributed by atoms with E-state index in [0.717, 1.165) is 18.4 Å². The fourth-order valence-electron chi connectivity index (χ4n) is 3.54. The minimum atomic E-state index is -0.703. The van der Waals surface area contributed by atoms with Crippen LogP contribution in [-0.2, 0) is 13.5 Å². The summed E-state index contributed by atoms with van der Waals surface area (Å²) in [6.07, 6.45) is 5.11. The van der Waals surface area contributed by atoms with Gasteiger partial charge in [-0.1, -0.05) is 19.1 Å². The SMILES string of the molecule is CCc1cccc(C(=O)N2CCCC(C(O)c3nccn3C)C2)c1O. The molecular formula is C19H25N3O3. The zero-order valence-electron chi connectivity index (χ0n) is 14.7. The predicted molar refractivity (Wildman–Crippen MR) is 94.3 cm³/mol. The highest BCUT2D eigenvalue weighted by Crippen LogP contribution is 2.31. The van der Waals surface area contributed by atoms with Crippen molar-refractivity contribution in [3.05, 3.63) is 47.5 Å². The number of hydrogen-bond donors (Lipinski definition) is 2. The van der Waals surface area contributed by atoms with Crippen molar-refractivity contribution in [2.45, 2.75) is 32.3 Å². The summed E-state index contributed by atoms with van der Waals surface area (Å²) in [5.41, 5.74) is 1.11. The Morgan fingerprint density at radius 2 is 2.24 bits per heavy atom. The predicted octanol–water partition coefficient (Wildman–Crippen LogP) is 2.27. The number of rotatable bonds is 4. The number of piperidine rings is 1. The van der Waals surface area contributed by atoms with Crippen LogP contribution in [0.4, 0.5) is 0 Å². The molecule has 2 N–H and O–H groups in total. The number of imidazole rings is 1. The van der Waals surface area contributed by atoms with Crippen molar-refractivity contribution in [1.82, 2.24) is 14.5 Å². The second-order valence-electron chi connectivity index (χ2n) is 6.66. The van der Waals surface area contributed by atoms with Crippen LogP contribution in [0.25, 0.3) is 0 Å². The summed E-state index contributed by atoms with van der Waals surface area (Å²) in [6, 6.07) is 5.29. The lowest BCUT2D eigenvalue weighted by molar-refractivity contribution is 0.0357. The molecule has 1 aliphatic heterocycles. The molecule has 134 valence electrons. The number of aromatic hydroxyl groups is 1. The van der Waals surface area contributed by atoms with Crippen molar-refractivity contribution >= 4 is 5.91 Å². The molecule has 1 aromatic heterocycles. The molecule has 0 spiro atoms. The van der Waals surface area contributed by atoms with E-state index in [2.05, 4.69) is 4.98 Å². The van der Waals surface area contributed by atoms with Gasteiger partial charge in [-0.25, -0.2) is 4.98 Å². The van der Waals surface area contributed by atoms with E-state index in [1.807, 2.05) is 24.6 Å². The minimum absolute atomic E-state index is 0.0599. The standard InChI is InChI=1S/C19H25N3O3/c1-3-13-6-4-8-15(16(13)23)19(25)22-10-5-7-14(12-22)17(24)18-20-9-11-21(18)2/h4,6,8-9,11,14,17,23-24H,3,5,7,10,12H2,1-2H3. The van der Waals surface area contributed by atoms with E-state index in [1.165, 1.54) is 0 Å². The summed E-state index contributed by atoms with van der Waals surface area (Å²) in [7, 11) is 1.85. The quantitative estimate of drug-likeness (QED) is 0.893. The van der Waals surface area contributed by atoms with Crippen molar-refractivity contribution in [2.24, 2.45) is 13.0 Å². The van der Waals surface area contributed by atoms with Crippen LogP contribution in [0.3, 0.4) is 0 Å². The molecule has 2 atom stereocenters. The summed E-state index contributed by atoms with van der Waals surface area (Å²) in [6.45, 7) is 3.05. The largest absolute Gasteiger partial charge is 0.507 e. The maximum atomic E-state index is 12.9. The van der Waals surface area contributed by atoms with Crippen molar-refractivity contribution in [1.29, 1.82) is 0 Å². The number of hydrogen-bond acceptors (Lipinski definition) is 4. The monoisotopic (exact) mass is 343 g/mol. The van der Waals surface area contributed by atoms with E-state index in [4.69, 9.17) is 0 Å². The topological polar surface area (TPSA) is 78.6 Å². The summed E-state index contributed by atoms with van der Waals surface area (Å²) in [4.78, 5) is 18.8. The summed E-state index contributed by atoms with van der Waals surface area (Å²) >= 11 is 0. The van der Waals surface area contributed by atoms with Gasteiger partial charge in [-0.15, -0.1) is 0 Å². The van der Waals surface area contributed by atoms with Gasteiger partial charge in [0.1, 0.15) is 17.7 Å². The van der Waals surface area contributed by atoms with E-state index in [-0.39, 0.29) is 17.6 Å². The molecule has 0 bridgehead atoms. The van der Waals surface area contributed by atoms with E-state index in [9.17, 15) is 15.0 Å². The van der Waals surface area contributed by atoms with Crippen molar-refractivity contribution in [3.63, 3.8) is 0 Å². The van der Waals surface area contributed by atoms with Crippen LogP contribution in [0.2, 0.25) is 0 Å². The van der Waals surface area contributed by atoms with Gasteiger partial charge in [-0.3, -0.25) is 4.79 Å². The molecule has 0 saturated carbocycles. The first-order valence-corrected chi connectivity index (χ1v) is 8.78. The zero-order valence-corrected chi connectivity index (χ0v) is 14.7. The van der Waals surface area contributed by atoms with Gasteiger partial charge >= 0.3 is 0 Å². The lowest BCUT2D eigenvalue weighted by Crippen LogP contribution is -2.42. The zero-order chi connectivity index (χ0) is 18.0. The number of aromatic nitrogens is 2. The Morgan fingerprint density at radius 3 is 2.92 bits per heavy atom. The van der Waals surface area contributed by atoms with E-state index in [1.54, 1.807) is 29.4 Å². The van der Waals surface area contributed by atoms with Crippen LogP contribution in [0, 0.1) is 5.92 Å². The Bertz CT molecular complexity index is 756. The second kappa shape index (κ2) is 7.27. The normalized spacial score (nSPS) is 19.0. The van der Waals surface area contributed by atoms with Crippen LogP contribution in [0.5, 0.6) is 5.75 Å². The number of carbonyl (C=O) groups excluding carboxylic acids is 1. The van der Waals surface area contributed by atoms with Gasteiger partial charge in [0, 0.05) is 38.4 Å². The highest BCUT2D eigenvalue weighted by atomic mass is 16.3. The van der Waals surface area contributed by atoms with Gasteiger partial charge in [0.2, 0.25) is 0 Å². The van der Waals surface area contributed by atoms with E-state index < -0.39 is 6.10 Å². The molecule has 1 saturated heterocycles. The number of aliphatic hydroxyl groups is 1. The van der Waals surface area contributed by atoms with E-state index >= 15 is 0 Å². The Balaban J connectivity index is 1.77. The van der Waals surface area contributed by atoms with Gasteiger partial charge < -0.3 is 19.7 Å². The number of amides is 1. The third-order valence-corrected chi connectivity index (χ3v) is 5.05. The number of nitrogens with zero attached hydrogens (tertiary/aromatic N) is 3. The highest BCUT2D eigenvalue weighted by molar-refractivity contribution is 5.97. The number of benzene rings is 1. The molecule has 6 heteroatoms. The molecule has 3 rings (SSSR count). The molecule has 1 fully saturated rings.